The van der Waals surface area contributed by atoms with Crippen molar-refractivity contribution in [2.75, 3.05) is 23.3 Å². The number of nitrogens with one attached hydrogen (secondary N) is 1. The monoisotopic (exact) mass is 496 g/mol. The van der Waals surface area contributed by atoms with Crippen molar-refractivity contribution < 1.29 is 35.5 Å². The van der Waals surface area contributed by atoms with Crippen LogP contribution in [0.3, 0.4) is 0 Å². The topological polar surface area (TPSA) is 75.7 Å². The quantitative estimate of drug-likeness (QED) is 0.468. The molecule has 0 heterocycles. The van der Waals surface area contributed by atoms with Crippen molar-refractivity contribution in [2.45, 2.75) is 18.0 Å². The lowest BCUT2D eigenvalue weighted by Crippen LogP contribution is -2.38. The van der Waals surface area contributed by atoms with E-state index in [4.69, 9.17) is 4.74 Å². The third-order valence-corrected chi connectivity index (χ3v) is 6.57. The van der Waals surface area contributed by atoms with Crippen LogP contribution in [-0.2, 0) is 21.0 Å². The van der Waals surface area contributed by atoms with Gasteiger partial charge in [0.1, 0.15) is 23.0 Å². The van der Waals surface area contributed by atoms with Gasteiger partial charge in [-0.15, -0.1) is 0 Å². The van der Waals surface area contributed by atoms with Gasteiger partial charge in [0.05, 0.1) is 18.4 Å². The average molecular weight is 496 g/mol. The number of sulfonamides is 1. The molecule has 0 spiro atoms. The van der Waals surface area contributed by atoms with Crippen LogP contribution in [0.25, 0.3) is 0 Å². The number of nitrogens with zero attached hydrogens (tertiary/aromatic N) is 1. The highest BCUT2D eigenvalue weighted by atomic mass is 32.2. The summed E-state index contributed by atoms with van der Waals surface area (Å²) in [5.41, 5.74) is -1.11. The van der Waals surface area contributed by atoms with E-state index in [2.05, 4.69) is 5.32 Å². The number of hydrogen-bond acceptors (Lipinski definition) is 4. The third-order valence-electron chi connectivity index (χ3n) is 4.77. The Bertz CT molecular complexity index is 1300. The number of halogens is 4. The van der Waals surface area contributed by atoms with Crippen molar-refractivity contribution in [3.05, 3.63) is 83.7 Å². The predicted octanol–water partition coefficient (Wildman–Crippen LogP) is 5.00. The molecule has 0 saturated carbocycles. The Balaban J connectivity index is 1.98. The number of rotatable bonds is 7. The van der Waals surface area contributed by atoms with Gasteiger partial charge in [-0.25, -0.2) is 12.8 Å². The van der Waals surface area contributed by atoms with Gasteiger partial charge < -0.3 is 10.1 Å². The summed E-state index contributed by atoms with van der Waals surface area (Å²) in [5.74, 6) is -2.37. The number of alkyl halides is 3. The minimum Gasteiger partial charge on any atom is -0.495 e. The lowest BCUT2D eigenvalue weighted by molar-refractivity contribution is -0.140. The molecule has 1 N–H and O–H groups in total. The van der Waals surface area contributed by atoms with Crippen LogP contribution in [0.5, 0.6) is 5.75 Å². The summed E-state index contributed by atoms with van der Waals surface area (Å²) in [4.78, 5) is 12.5. The number of para-hydroxylation sites is 1. The maximum Gasteiger partial charge on any atom is 0.419 e. The molecule has 1 amide bonds. The number of ether oxygens (including phenoxy) is 1. The van der Waals surface area contributed by atoms with Gasteiger partial charge in [-0.05, 0) is 55.0 Å². The Morgan fingerprint density at radius 1 is 1.03 bits per heavy atom. The third kappa shape index (κ3) is 5.48. The predicted molar refractivity (Wildman–Crippen MR) is 119 cm³/mol. The maximum absolute atomic E-state index is 13.6. The van der Waals surface area contributed by atoms with Crippen LogP contribution in [0.2, 0.25) is 0 Å². The average Bonchev–Trinajstić information content (AvgIpc) is 2.78. The van der Waals surface area contributed by atoms with E-state index in [9.17, 15) is 30.8 Å². The fraction of sp³-hybridized carbons (Fsp3) is 0.174. The molecular weight excluding hydrogens is 476 g/mol. The molecule has 0 radical (unpaired) electrons. The van der Waals surface area contributed by atoms with Crippen molar-refractivity contribution in [1.82, 2.24) is 0 Å². The van der Waals surface area contributed by atoms with Crippen molar-refractivity contribution in [2.24, 2.45) is 0 Å². The zero-order valence-corrected chi connectivity index (χ0v) is 18.9. The number of aryl methyl sites for hydroxylation is 1. The first-order chi connectivity index (χ1) is 15.9. The second kappa shape index (κ2) is 9.72. The highest BCUT2D eigenvalue weighted by Gasteiger charge is 2.35. The van der Waals surface area contributed by atoms with Crippen LogP contribution < -0.4 is 14.4 Å². The van der Waals surface area contributed by atoms with Gasteiger partial charge in [0.25, 0.3) is 10.0 Å². The molecule has 3 rings (SSSR count). The smallest absolute Gasteiger partial charge is 0.419 e. The van der Waals surface area contributed by atoms with Crippen LogP contribution in [0.1, 0.15) is 11.1 Å². The summed E-state index contributed by atoms with van der Waals surface area (Å²) in [7, 11) is -3.04. The number of hydrogen-bond donors (Lipinski definition) is 1. The highest BCUT2D eigenvalue weighted by molar-refractivity contribution is 7.93. The molecule has 0 saturated heterocycles. The van der Waals surface area contributed by atoms with Crippen molar-refractivity contribution in [1.29, 1.82) is 0 Å². The number of carbonyl (C=O) groups excluding carboxylic acids is 1. The zero-order chi connectivity index (χ0) is 25.1. The molecule has 180 valence electrons. The molecular formula is C23H20F4N2O4S. The Hall–Kier alpha value is -3.60. The van der Waals surface area contributed by atoms with Crippen molar-refractivity contribution in [3.63, 3.8) is 0 Å². The first-order valence-corrected chi connectivity index (χ1v) is 11.3. The SMILES string of the molecule is COc1ccc(C)cc1S(=O)(=O)N(CC(=O)Nc1ccc(F)c(C(F)(F)F)c1)c1ccccc1. The van der Waals surface area contributed by atoms with E-state index in [1.165, 1.54) is 31.4 Å². The standard InChI is InChI=1S/C23H20F4N2O4S/c1-15-8-11-20(33-2)21(12-15)34(31,32)29(17-6-4-3-5-7-17)14-22(30)28-16-9-10-19(24)18(13-16)23(25,26)27/h3-13H,14H2,1-2H3,(H,28,30). The van der Waals surface area contributed by atoms with Crippen LogP contribution >= 0.6 is 0 Å². The van der Waals surface area contributed by atoms with E-state index in [0.29, 0.717) is 17.7 Å². The Morgan fingerprint density at radius 3 is 2.32 bits per heavy atom. The summed E-state index contributed by atoms with van der Waals surface area (Å²) in [5, 5.41) is 2.20. The molecule has 3 aromatic carbocycles. The number of amides is 1. The van der Waals surface area contributed by atoms with E-state index in [0.717, 1.165) is 10.4 Å². The summed E-state index contributed by atoms with van der Waals surface area (Å²) < 4.78 is 85.6. The largest absolute Gasteiger partial charge is 0.495 e. The molecule has 0 fully saturated rings. The van der Waals surface area contributed by atoms with E-state index in [-0.39, 0.29) is 22.0 Å². The van der Waals surface area contributed by atoms with Crippen LogP contribution in [0.4, 0.5) is 28.9 Å². The Kier molecular flexibility index (Phi) is 7.15. The normalized spacial score (nSPS) is 11.7. The van der Waals surface area contributed by atoms with Gasteiger partial charge in [-0.1, -0.05) is 24.3 Å². The van der Waals surface area contributed by atoms with Gasteiger partial charge in [0.15, 0.2) is 0 Å². The van der Waals surface area contributed by atoms with Crippen LogP contribution in [0.15, 0.2) is 71.6 Å². The van der Waals surface area contributed by atoms with E-state index >= 15 is 0 Å². The van der Waals surface area contributed by atoms with Gasteiger partial charge in [0.2, 0.25) is 5.91 Å². The molecule has 11 heteroatoms. The zero-order valence-electron chi connectivity index (χ0n) is 18.1. The van der Waals surface area contributed by atoms with Gasteiger partial charge in [-0.2, -0.15) is 13.2 Å². The summed E-state index contributed by atoms with van der Waals surface area (Å²) >= 11 is 0. The molecule has 3 aromatic rings. The maximum atomic E-state index is 13.6. The molecule has 0 unspecified atom stereocenters. The second-order valence-electron chi connectivity index (χ2n) is 7.24. The van der Waals surface area contributed by atoms with Gasteiger partial charge in [0, 0.05) is 5.69 Å². The lowest BCUT2D eigenvalue weighted by atomic mass is 10.2. The van der Waals surface area contributed by atoms with Gasteiger partial charge in [-0.3, -0.25) is 9.10 Å². The molecule has 0 bridgehead atoms. The van der Waals surface area contributed by atoms with Crippen molar-refractivity contribution in [3.8, 4) is 5.75 Å². The minimum absolute atomic E-state index is 0.0558. The summed E-state index contributed by atoms with van der Waals surface area (Å²) in [6, 6.07) is 14.2. The molecule has 0 atom stereocenters. The number of carbonyl (C=O) groups is 1. The van der Waals surface area contributed by atoms with E-state index in [1.54, 1.807) is 31.2 Å². The summed E-state index contributed by atoms with van der Waals surface area (Å²) in [6.07, 6.45) is -4.97. The van der Waals surface area contributed by atoms with E-state index in [1.807, 2.05) is 0 Å². The first-order valence-electron chi connectivity index (χ1n) is 9.82. The first kappa shape index (κ1) is 25.0. The number of benzene rings is 3. The fourth-order valence-electron chi connectivity index (χ4n) is 3.16. The van der Waals surface area contributed by atoms with Crippen LogP contribution in [0, 0.1) is 12.7 Å². The number of anilines is 2. The molecule has 0 aromatic heterocycles. The minimum atomic E-state index is -4.97. The molecule has 0 aliphatic carbocycles. The Labute approximate surface area is 193 Å². The number of methoxy groups -OCH3 is 1. The lowest BCUT2D eigenvalue weighted by Gasteiger charge is -2.25. The molecule has 34 heavy (non-hydrogen) atoms. The molecule has 6 nitrogen and oxygen atoms in total. The molecule has 0 aliphatic rings. The van der Waals surface area contributed by atoms with E-state index < -0.39 is 40.0 Å². The fourth-order valence-corrected chi connectivity index (χ4v) is 4.83. The van der Waals surface area contributed by atoms with Gasteiger partial charge >= 0.3 is 6.18 Å². The van der Waals surface area contributed by atoms with Crippen LogP contribution in [-0.4, -0.2) is 28.0 Å². The highest BCUT2D eigenvalue weighted by Crippen LogP contribution is 2.33. The molecule has 0 aliphatic heterocycles. The summed E-state index contributed by atoms with van der Waals surface area (Å²) in [6.45, 7) is 0.924. The second-order valence-corrected chi connectivity index (χ2v) is 9.07. The van der Waals surface area contributed by atoms with Crippen molar-refractivity contribution >= 4 is 27.3 Å². The Morgan fingerprint density at radius 2 is 1.71 bits per heavy atom.